The van der Waals surface area contributed by atoms with Gasteiger partial charge in [-0.15, -0.1) is 0 Å². The predicted octanol–water partition coefficient (Wildman–Crippen LogP) is 5.83. The van der Waals surface area contributed by atoms with E-state index in [1.165, 1.54) is 6.92 Å². The maximum Gasteiger partial charge on any atom is 0.417 e. The molecular formula is C24H30ClF3N2O4S. The van der Waals surface area contributed by atoms with Crippen LogP contribution in [-0.2, 0) is 21.0 Å². The molecule has 35 heavy (non-hydrogen) atoms. The Morgan fingerprint density at radius 1 is 1.09 bits per heavy atom. The Morgan fingerprint density at radius 3 is 2.17 bits per heavy atom. The van der Waals surface area contributed by atoms with Gasteiger partial charge in [0.05, 0.1) is 35.7 Å². The maximum atomic E-state index is 13.3. The Labute approximate surface area is 209 Å². The summed E-state index contributed by atoms with van der Waals surface area (Å²) >= 11 is 5.67. The van der Waals surface area contributed by atoms with Crippen LogP contribution in [0.1, 0.15) is 61.9 Å². The first kappa shape index (κ1) is 28.8. The predicted molar refractivity (Wildman–Crippen MR) is 132 cm³/mol. The lowest BCUT2D eigenvalue weighted by Crippen LogP contribution is -2.48. The number of carbonyl (C=O) groups is 1. The molecule has 0 radical (unpaired) electrons. The van der Waals surface area contributed by atoms with E-state index in [2.05, 4.69) is 5.32 Å². The van der Waals surface area contributed by atoms with Crippen molar-refractivity contribution in [2.45, 2.75) is 58.8 Å². The van der Waals surface area contributed by atoms with E-state index < -0.39 is 44.8 Å². The average Bonchev–Trinajstić information content (AvgIpc) is 2.72. The third-order valence-electron chi connectivity index (χ3n) is 5.66. The molecule has 0 saturated carbocycles. The van der Waals surface area contributed by atoms with Crippen LogP contribution in [0.2, 0.25) is 5.02 Å². The molecule has 2 rings (SSSR count). The quantitative estimate of drug-likeness (QED) is 0.462. The summed E-state index contributed by atoms with van der Waals surface area (Å²) in [5.41, 5.74) is 1.11. The zero-order chi connectivity index (χ0) is 26.9. The van der Waals surface area contributed by atoms with Crippen LogP contribution in [0.15, 0.2) is 30.3 Å². The Morgan fingerprint density at radius 2 is 1.69 bits per heavy atom. The molecule has 1 N–H and O–H groups in total. The second-order valence-corrected chi connectivity index (χ2v) is 11.0. The molecule has 2 unspecified atom stereocenters. The highest BCUT2D eigenvalue weighted by Gasteiger charge is 2.36. The van der Waals surface area contributed by atoms with Crippen LogP contribution in [0, 0.1) is 6.92 Å². The van der Waals surface area contributed by atoms with E-state index in [9.17, 15) is 26.4 Å². The number of hydrogen-bond acceptors (Lipinski definition) is 4. The molecule has 6 nitrogen and oxygen atoms in total. The minimum atomic E-state index is -4.80. The highest BCUT2D eigenvalue weighted by molar-refractivity contribution is 7.92. The average molecular weight is 535 g/mol. The van der Waals surface area contributed by atoms with Gasteiger partial charge in [-0.3, -0.25) is 9.10 Å². The van der Waals surface area contributed by atoms with Gasteiger partial charge in [-0.05, 0) is 73.7 Å². The molecule has 194 valence electrons. The summed E-state index contributed by atoms with van der Waals surface area (Å²) in [7, 11) is -2.55. The first-order chi connectivity index (χ1) is 16.0. The van der Waals surface area contributed by atoms with Crippen molar-refractivity contribution in [3.05, 3.63) is 57.6 Å². The molecule has 0 aliphatic heterocycles. The first-order valence-electron chi connectivity index (χ1n) is 10.8. The summed E-state index contributed by atoms with van der Waals surface area (Å²) in [6.45, 7) is 8.94. The fourth-order valence-corrected chi connectivity index (χ4v) is 5.29. The monoisotopic (exact) mass is 534 g/mol. The molecule has 0 saturated heterocycles. The van der Waals surface area contributed by atoms with Crippen LogP contribution in [0.25, 0.3) is 0 Å². The highest BCUT2D eigenvalue weighted by atomic mass is 35.5. The highest BCUT2D eigenvalue weighted by Crippen LogP contribution is 2.38. The van der Waals surface area contributed by atoms with Gasteiger partial charge in [0.15, 0.2) is 0 Å². The number of ether oxygens (including phenoxy) is 1. The summed E-state index contributed by atoms with van der Waals surface area (Å²) in [5, 5.41) is 2.21. The summed E-state index contributed by atoms with van der Waals surface area (Å²) in [6.07, 6.45) is -3.97. The third-order valence-corrected chi connectivity index (χ3v) is 7.24. The molecule has 0 aliphatic carbocycles. The molecule has 2 aromatic carbocycles. The van der Waals surface area contributed by atoms with Gasteiger partial charge in [0.2, 0.25) is 15.9 Å². The Balaban J connectivity index is 2.42. The number of halogens is 4. The largest absolute Gasteiger partial charge is 0.496 e. The van der Waals surface area contributed by atoms with Gasteiger partial charge < -0.3 is 10.1 Å². The van der Waals surface area contributed by atoms with Crippen molar-refractivity contribution < 1.29 is 31.1 Å². The van der Waals surface area contributed by atoms with Gasteiger partial charge in [-0.25, -0.2) is 8.42 Å². The molecule has 0 heterocycles. The number of methoxy groups -OCH3 is 1. The summed E-state index contributed by atoms with van der Waals surface area (Å²) in [5.74, 6) is 0.201. The fraction of sp³-hybridized carbons (Fsp3) is 0.458. The number of anilines is 1. The van der Waals surface area contributed by atoms with Crippen LogP contribution < -0.4 is 14.4 Å². The van der Waals surface area contributed by atoms with Gasteiger partial charge in [-0.2, -0.15) is 13.2 Å². The van der Waals surface area contributed by atoms with E-state index in [0.717, 1.165) is 40.8 Å². The van der Waals surface area contributed by atoms with Gasteiger partial charge in [0.25, 0.3) is 0 Å². The van der Waals surface area contributed by atoms with Crippen molar-refractivity contribution in [1.29, 1.82) is 0 Å². The van der Waals surface area contributed by atoms with Crippen LogP contribution in [0.5, 0.6) is 5.75 Å². The maximum absolute atomic E-state index is 13.3. The van der Waals surface area contributed by atoms with E-state index in [-0.39, 0.29) is 11.6 Å². The number of aryl methyl sites for hydroxylation is 1. The number of sulfonamides is 1. The minimum Gasteiger partial charge on any atom is -0.496 e. The molecule has 0 fully saturated rings. The molecule has 0 aliphatic rings. The standard InChI is InChI=1S/C24H30ClF3N2O4S/c1-13(2)18-12-19(14(3)10-22(18)34-6)15(4)29-23(31)16(5)30(35(7,32)33)17-8-9-21(25)20(11-17)24(26,27)28/h8-13,15-16H,1-7H3,(H,29,31). The van der Waals surface area contributed by atoms with Crippen LogP contribution in [0.3, 0.4) is 0 Å². The van der Waals surface area contributed by atoms with Crippen LogP contribution >= 0.6 is 11.6 Å². The van der Waals surface area contributed by atoms with E-state index in [0.29, 0.717) is 10.4 Å². The van der Waals surface area contributed by atoms with Crippen molar-refractivity contribution in [3.8, 4) is 5.75 Å². The number of carbonyl (C=O) groups excluding carboxylic acids is 1. The molecule has 2 atom stereocenters. The summed E-state index contributed by atoms with van der Waals surface area (Å²) in [4.78, 5) is 13.1. The normalized spacial score (nSPS) is 13.9. The fourth-order valence-electron chi connectivity index (χ4n) is 3.90. The third kappa shape index (κ3) is 6.61. The van der Waals surface area contributed by atoms with Crippen molar-refractivity contribution in [3.63, 3.8) is 0 Å². The number of amides is 1. The summed E-state index contributed by atoms with van der Waals surface area (Å²) in [6, 6.07) is 4.67. The molecule has 11 heteroatoms. The second-order valence-electron chi connectivity index (χ2n) is 8.73. The van der Waals surface area contributed by atoms with Gasteiger partial charge in [0.1, 0.15) is 11.8 Å². The lowest BCUT2D eigenvalue weighted by atomic mass is 9.93. The summed E-state index contributed by atoms with van der Waals surface area (Å²) < 4.78 is 71.2. The molecule has 1 amide bonds. The molecular weight excluding hydrogens is 505 g/mol. The Kier molecular flexibility index (Phi) is 8.76. The molecule has 0 spiro atoms. The van der Waals surface area contributed by atoms with Gasteiger partial charge in [0, 0.05) is 0 Å². The Hall–Kier alpha value is -2.46. The SMILES string of the molecule is COc1cc(C)c(C(C)NC(=O)C(C)N(c2ccc(Cl)c(C(F)(F)F)c2)S(C)(=O)=O)cc1C(C)C. The number of nitrogens with one attached hydrogen (secondary N) is 1. The van der Waals surface area contributed by atoms with E-state index >= 15 is 0 Å². The van der Waals surface area contributed by atoms with E-state index in [4.69, 9.17) is 16.3 Å². The van der Waals surface area contributed by atoms with Crippen LogP contribution in [-0.4, -0.2) is 33.7 Å². The number of rotatable bonds is 8. The number of hydrogen-bond donors (Lipinski definition) is 1. The van der Waals surface area contributed by atoms with Crippen molar-refractivity contribution in [1.82, 2.24) is 5.32 Å². The molecule has 0 aromatic heterocycles. The van der Waals surface area contributed by atoms with Crippen molar-refractivity contribution >= 4 is 33.2 Å². The Bertz CT molecular complexity index is 1200. The minimum absolute atomic E-state index is 0.152. The zero-order valence-corrected chi connectivity index (χ0v) is 22.2. The van der Waals surface area contributed by atoms with Crippen molar-refractivity contribution in [2.24, 2.45) is 0 Å². The van der Waals surface area contributed by atoms with E-state index in [1.54, 1.807) is 14.0 Å². The number of alkyl halides is 3. The lowest BCUT2D eigenvalue weighted by Gasteiger charge is -2.30. The first-order valence-corrected chi connectivity index (χ1v) is 13.1. The second kappa shape index (κ2) is 10.7. The van der Waals surface area contributed by atoms with E-state index in [1.807, 2.05) is 32.9 Å². The molecule has 0 bridgehead atoms. The van der Waals surface area contributed by atoms with Crippen molar-refractivity contribution in [2.75, 3.05) is 17.7 Å². The smallest absolute Gasteiger partial charge is 0.417 e. The number of nitrogens with zero attached hydrogens (tertiary/aromatic N) is 1. The number of benzene rings is 2. The topological polar surface area (TPSA) is 75.7 Å². The zero-order valence-electron chi connectivity index (χ0n) is 20.6. The van der Waals surface area contributed by atoms with Gasteiger partial charge in [-0.1, -0.05) is 25.4 Å². The lowest BCUT2D eigenvalue weighted by molar-refractivity contribution is -0.137. The van der Waals surface area contributed by atoms with Gasteiger partial charge >= 0.3 is 6.18 Å². The van der Waals surface area contributed by atoms with Crippen LogP contribution in [0.4, 0.5) is 18.9 Å². The molecule has 2 aromatic rings.